The molecule has 156 valence electrons. The molecule has 29 heavy (non-hydrogen) atoms. The van der Waals surface area contributed by atoms with Crippen LogP contribution in [0.25, 0.3) is 0 Å². The zero-order valence-corrected chi connectivity index (χ0v) is 18.2. The summed E-state index contributed by atoms with van der Waals surface area (Å²) in [5, 5.41) is 3.53. The van der Waals surface area contributed by atoms with Crippen LogP contribution in [0.15, 0.2) is 30.5 Å². The maximum absolute atomic E-state index is 12.9. The summed E-state index contributed by atoms with van der Waals surface area (Å²) in [6.07, 6.45) is 5.21. The smallest absolute Gasteiger partial charge is 0.268 e. The van der Waals surface area contributed by atoms with E-state index in [0.717, 1.165) is 25.9 Å². The molecule has 0 atom stereocenters. The number of anilines is 3. The average Bonchev–Trinajstić information content (AvgIpc) is 2.70. The molecule has 1 aliphatic rings. The molecule has 2 heterocycles. The van der Waals surface area contributed by atoms with Crippen molar-refractivity contribution in [3.05, 3.63) is 35.5 Å². The van der Waals surface area contributed by atoms with Gasteiger partial charge in [0.15, 0.2) is 11.4 Å². The quantitative estimate of drug-likeness (QED) is 0.766. The SMILES string of the molecule is CN(C)c1nc(N2CCCCC2)ncc1NC(=O)C(C)(C)Oc1ccc(Cl)cc1. The lowest BCUT2D eigenvalue weighted by molar-refractivity contribution is -0.128. The third-order valence-corrected chi connectivity index (χ3v) is 5.05. The van der Waals surface area contributed by atoms with E-state index in [-0.39, 0.29) is 5.91 Å². The Hall–Kier alpha value is -2.54. The van der Waals surface area contributed by atoms with E-state index in [1.807, 2.05) is 19.0 Å². The zero-order valence-electron chi connectivity index (χ0n) is 17.4. The number of benzene rings is 1. The maximum atomic E-state index is 12.9. The Morgan fingerprint density at radius 1 is 1.17 bits per heavy atom. The van der Waals surface area contributed by atoms with E-state index in [9.17, 15) is 4.79 Å². The third-order valence-electron chi connectivity index (χ3n) is 4.80. The highest BCUT2D eigenvalue weighted by molar-refractivity contribution is 6.30. The van der Waals surface area contributed by atoms with Gasteiger partial charge >= 0.3 is 0 Å². The first kappa shape index (κ1) is 21.2. The summed E-state index contributed by atoms with van der Waals surface area (Å²) in [7, 11) is 3.79. The number of amides is 1. The first-order valence-electron chi connectivity index (χ1n) is 9.81. The molecule has 1 amide bonds. The lowest BCUT2D eigenvalue weighted by Gasteiger charge is -2.29. The minimum atomic E-state index is -1.09. The second-order valence-electron chi connectivity index (χ2n) is 7.87. The van der Waals surface area contributed by atoms with Gasteiger partial charge in [-0.1, -0.05) is 11.6 Å². The van der Waals surface area contributed by atoms with E-state index in [1.54, 1.807) is 44.3 Å². The standard InChI is InChI=1S/C21H28ClN5O2/c1-21(2,29-16-10-8-15(22)9-11-16)19(28)24-17-14-23-20(25-18(17)26(3)4)27-12-6-5-7-13-27/h8-11,14H,5-7,12-13H2,1-4H3,(H,24,28). The van der Waals surface area contributed by atoms with Crippen molar-refractivity contribution < 1.29 is 9.53 Å². The molecule has 0 aliphatic carbocycles. The lowest BCUT2D eigenvalue weighted by atomic mass is 10.1. The van der Waals surface area contributed by atoms with Gasteiger partial charge in [0.25, 0.3) is 5.91 Å². The lowest BCUT2D eigenvalue weighted by Crippen LogP contribution is -2.43. The minimum absolute atomic E-state index is 0.287. The molecule has 0 spiro atoms. The van der Waals surface area contributed by atoms with Crippen LogP contribution in [0.3, 0.4) is 0 Å². The van der Waals surface area contributed by atoms with Crippen molar-refractivity contribution >= 4 is 35.0 Å². The fourth-order valence-corrected chi connectivity index (χ4v) is 3.28. The molecule has 1 aliphatic heterocycles. The van der Waals surface area contributed by atoms with Crippen LogP contribution in [-0.2, 0) is 4.79 Å². The van der Waals surface area contributed by atoms with Crippen molar-refractivity contribution in [3.63, 3.8) is 0 Å². The van der Waals surface area contributed by atoms with Crippen molar-refractivity contribution in [3.8, 4) is 5.75 Å². The van der Waals surface area contributed by atoms with Crippen molar-refractivity contribution in [1.29, 1.82) is 0 Å². The Bertz CT molecular complexity index is 849. The van der Waals surface area contributed by atoms with Crippen molar-refractivity contribution in [2.45, 2.75) is 38.7 Å². The Balaban J connectivity index is 1.76. The van der Waals surface area contributed by atoms with Gasteiger partial charge in [-0.25, -0.2) is 4.98 Å². The molecule has 7 nitrogen and oxygen atoms in total. The molecular weight excluding hydrogens is 390 g/mol. The van der Waals surface area contributed by atoms with Gasteiger partial charge in [-0.2, -0.15) is 4.98 Å². The fraction of sp³-hybridized carbons (Fsp3) is 0.476. The number of ether oxygens (including phenoxy) is 1. The van der Waals surface area contributed by atoms with Gasteiger partial charge in [-0.15, -0.1) is 0 Å². The van der Waals surface area contributed by atoms with Gasteiger partial charge in [0.1, 0.15) is 11.4 Å². The van der Waals surface area contributed by atoms with Gasteiger partial charge in [-0.05, 0) is 57.4 Å². The summed E-state index contributed by atoms with van der Waals surface area (Å²) >= 11 is 5.91. The second-order valence-corrected chi connectivity index (χ2v) is 8.31. The van der Waals surface area contributed by atoms with Gasteiger partial charge in [-0.3, -0.25) is 4.79 Å². The number of carbonyl (C=O) groups excluding carboxylic acids is 1. The third kappa shape index (κ3) is 5.29. The molecule has 0 bridgehead atoms. The number of rotatable bonds is 6. The van der Waals surface area contributed by atoms with Crippen LogP contribution in [0.5, 0.6) is 5.75 Å². The second kappa shape index (κ2) is 8.86. The average molecular weight is 418 g/mol. The Labute approximate surface area is 177 Å². The molecule has 1 saturated heterocycles. The van der Waals surface area contributed by atoms with Crippen LogP contribution < -0.4 is 19.9 Å². The van der Waals surface area contributed by atoms with E-state index in [2.05, 4.69) is 15.2 Å². The maximum Gasteiger partial charge on any atom is 0.268 e. The summed E-state index contributed by atoms with van der Waals surface area (Å²) in [5.74, 6) is 1.64. The Kier molecular flexibility index (Phi) is 6.47. The van der Waals surface area contributed by atoms with Crippen molar-refractivity contribution in [2.75, 3.05) is 42.3 Å². The molecule has 1 aromatic heterocycles. The molecule has 8 heteroatoms. The van der Waals surface area contributed by atoms with Crippen molar-refractivity contribution in [2.24, 2.45) is 0 Å². The minimum Gasteiger partial charge on any atom is -0.478 e. The molecule has 0 saturated carbocycles. The van der Waals surface area contributed by atoms with E-state index in [1.165, 1.54) is 6.42 Å². The number of aromatic nitrogens is 2. The number of nitrogens with zero attached hydrogens (tertiary/aromatic N) is 4. The Morgan fingerprint density at radius 3 is 2.45 bits per heavy atom. The number of carbonyl (C=O) groups is 1. The highest BCUT2D eigenvalue weighted by Crippen LogP contribution is 2.27. The molecule has 1 aromatic carbocycles. The highest BCUT2D eigenvalue weighted by Gasteiger charge is 2.31. The van der Waals surface area contributed by atoms with Crippen LogP contribution >= 0.6 is 11.6 Å². The summed E-state index contributed by atoms with van der Waals surface area (Å²) in [4.78, 5) is 26.2. The normalized spacial score (nSPS) is 14.4. The molecule has 0 radical (unpaired) electrons. The highest BCUT2D eigenvalue weighted by atomic mass is 35.5. The topological polar surface area (TPSA) is 70.6 Å². The first-order valence-corrected chi connectivity index (χ1v) is 10.2. The number of halogens is 1. The molecule has 1 fully saturated rings. The molecule has 0 unspecified atom stereocenters. The van der Waals surface area contributed by atoms with E-state index < -0.39 is 5.60 Å². The van der Waals surface area contributed by atoms with E-state index in [0.29, 0.717) is 28.2 Å². The first-order chi connectivity index (χ1) is 13.8. The predicted octanol–water partition coefficient (Wildman–Crippen LogP) is 3.98. The zero-order chi connectivity index (χ0) is 21.0. The van der Waals surface area contributed by atoms with E-state index >= 15 is 0 Å². The molecule has 3 rings (SSSR count). The number of hydrogen-bond donors (Lipinski definition) is 1. The van der Waals surface area contributed by atoms with Crippen LogP contribution in [0.2, 0.25) is 5.02 Å². The number of nitrogens with one attached hydrogen (secondary N) is 1. The predicted molar refractivity (Wildman–Crippen MR) is 117 cm³/mol. The molecule has 1 N–H and O–H groups in total. The van der Waals surface area contributed by atoms with E-state index in [4.69, 9.17) is 21.3 Å². The van der Waals surface area contributed by atoms with Crippen LogP contribution in [0.4, 0.5) is 17.5 Å². The summed E-state index contributed by atoms with van der Waals surface area (Å²) in [6, 6.07) is 6.92. The summed E-state index contributed by atoms with van der Waals surface area (Å²) in [5.41, 5.74) is -0.545. The monoisotopic (exact) mass is 417 g/mol. The van der Waals surface area contributed by atoms with Gasteiger partial charge < -0.3 is 19.9 Å². The van der Waals surface area contributed by atoms with Crippen LogP contribution in [0.1, 0.15) is 33.1 Å². The van der Waals surface area contributed by atoms with Gasteiger partial charge in [0.2, 0.25) is 5.95 Å². The molecular formula is C21H28ClN5O2. The van der Waals surface area contributed by atoms with Gasteiger partial charge in [0.05, 0.1) is 6.20 Å². The molecule has 2 aromatic rings. The largest absolute Gasteiger partial charge is 0.478 e. The van der Waals surface area contributed by atoms with Crippen LogP contribution in [0, 0.1) is 0 Å². The fourth-order valence-electron chi connectivity index (χ4n) is 3.16. The number of piperidine rings is 1. The summed E-state index contributed by atoms with van der Waals surface area (Å²) < 4.78 is 5.88. The van der Waals surface area contributed by atoms with Gasteiger partial charge in [0, 0.05) is 32.2 Å². The van der Waals surface area contributed by atoms with Crippen molar-refractivity contribution in [1.82, 2.24) is 9.97 Å². The Morgan fingerprint density at radius 2 is 1.83 bits per heavy atom. The number of hydrogen-bond acceptors (Lipinski definition) is 6. The summed E-state index contributed by atoms with van der Waals surface area (Å²) in [6.45, 7) is 5.35. The van der Waals surface area contributed by atoms with Crippen LogP contribution in [-0.4, -0.2) is 48.7 Å².